The molecule has 74 valence electrons. The summed E-state index contributed by atoms with van der Waals surface area (Å²) in [5.74, 6) is 0. The average molecular weight is 183 g/mol. The monoisotopic (exact) mass is 183 g/mol. The highest BCUT2D eigenvalue weighted by molar-refractivity contribution is 5.38. The molecule has 0 bridgehead atoms. The summed E-state index contributed by atoms with van der Waals surface area (Å²) >= 11 is 0. The van der Waals surface area contributed by atoms with Crippen molar-refractivity contribution in [1.82, 2.24) is 9.78 Å². The van der Waals surface area contributed by atoms with E-state index in [-0.39, 0.29) is 12.0 Å². The minimum Gasteiger partial charge on any atom is -0.396 e. The predicted molar refractivity (Wildman–Crippen MR) is 52.6 cm³/mol. The number of nitrogens with one attached hydrogen (secondary N) is 1. The Hall–Kier alpha value is -1.03. The zero-order chi connectivity index (χ0) is 9.90. The summed E-state index contributed by atoms with van der Waals surface area (Å²) in [7, 11) is 1.88. The van der Waals surface area contributed by atoms with Crippen molar-refractivity contribution in [3.63, 3.8) is 0 Å². The third-order valence-corrected chi connectivity index (χ3v) is 1.90. The van der Waals surface area contributed by atoms with Crippen LogP contribution in [0.4, 0.5) is 5.69 Å². The van der Waals surface area contributed by atoms with Crippen LogP contribution in [-0.2, 0) is 7.05 Å². The maximum absolute atomic E-state index is 9.02. The van der Waals surface area contributed by atoms with E-state index in [0.29, 0.717) is 0 Å². The fourth-order valence-corrected chi connectivity index (χ4v) is 0.910. The summed E-state index contributed by atoms with van der Waals surface area (Å²) in [4.78, 5) is 0. The number of hydrogen-bond acceptors (Lipinski definition) is 3. The predicted octanol–water partition coefficient (Wildman–Crippen LogP) is 0.850. The van der Waals surface area contributed by atoms with E-state index in [0.717, 1.165) is 12.2 Å². The first-order valence-electron chi connectivity index (χ1n) is 4.37. The van der Waals surface area contributed by atoms with Crippen LogP contribution in [-0.4, -0.2) is 28.0 Å². The van der Waals surface area contributed by atoms with Gasteiger partial charge >= 0.3 is 0 Å². The molecule has 0 aliphatic rings. The number of anilines is 1. The molecule has 13 heavy (non-hydrogen) atoms. The fourth-order valence-electron chi connectivity index (χ4n) is 0.910. The van der Waals surface area contributed by atoms with E-state index in [2.05, 4.69) is 10.4 Å². The quantitative estimate of drug-likeness (QED) is 0.727. The van der Waals surface area contributed by atoms with Crippen LogP contribution in [0.2, 0.25) is 0 Å². The molecule has 0 amide bonds. The van der Waals surface area contributed by atoms with Crippen LogP contribution in [0.5, 0.6) is 0 Å². The normalized spacial score (nSPS) is 11.7. The minimum atomic E-state index is -0.0875. The third kappa shape index (κ3) is 3.06. The lowest BCUT2D eigenvalue weighted by Crippen LogP contribution is -2.26. The highest BCUT2D eigenvalue weighted by Gasteiger charge is 2.15. The zero-order valence-electron chi connectivity index (χ0n) is 8.41. The molecule has 2 N–H and O–H groups in total. The van der Waals surface area contributed by atoms with E-state index in [1.165, 1.54) is 0 Å². The Morgan fingerprint density at radius 1 is 1.62 bits per heavy atom. The Morgan fingerprint density at radius 3 is 2.77 bits per heavy atom. The van der Waals surface area contributed by atoms with Gasteiger partial charge in [0, 0.05) is 31.8 Å². The Bertz CT molecular complexity index is 268. The van der Waals surface area contributed by atoms with Crippen LogP contribution in [0.15, 0.2) is 12.4 Å². The first-order valence-corrected chi connectivity index (χ1v) is 4.37. The van der Waals surface area contributed by atoms with Crippen LogP contribution >= 0.6 is 0 Å². The highest BCUT2D eigenvalue weighted by atomic mass is 16.3. The van der Waals surface area contributed by atoms with E-state index in [1.54, 1.807) is 10.9 Å². The second-order valence-electron chi connectivity index (χ2n) is 4.08. The highest BCUT2D eigenvalue weighted by Crippen LogP contribution is 2.14. The minimum absolute atomic E-state index is 0.0875. The molecular weight excluding hydrogens is 166 g/mol. The van der Waals surface area contributed by atoms with Gasteiger partial charge in [-0.05, 0) is 0 Å². The number of aryl methyl sites for hydroxylation is 1. The molecular formula is C9H17N3O. The van der Waals surface area contributed by atoms with Crippen molar-refractivity contribution in [3.8, 4) is 0 Å². The lowest BCUT2D eigenvalue weighted by atomic mass is 9.95. The molecule has 0 saturated carbocycles. The molecule has 0 aliphatic heterocycles. The SMILES string of the molecule is Cn1cc(NCC(C)(C)CO)cn1. The maximum atomic E-state index is 9.02. The second kappa shape index (κ2) is 3.79. The van der Waals surface area contributed by atoms with Crippen molar-refractivity contribution in [1.29, 1.82) is 0 Å². The standard InChI is InChI=1S/C9H17N3O/c1-9(2,7-13)6-10-8-4-11-12(3)5-8/h4-5,10,13H,6-7H2,1-3H3. The van der Waals surface area contributed by atoms with Gasteiger partial charge in [0.2, 0.25) is 0 Å². The van der Waals surface area contributed by atoms with Crippen molar-refractivity contribution in [2.45, 2.75) is 13.8 Å². The Kier molecular flexibility index (Phi) is 2.93. The summed E-state index contributed by atoms with van der Waals surface area (Å²) in [5.41, 5.74) is 0.902. The smallest absolute Gasteiger partial charge is 0.0726 e. The number of hydrogen-bond donors (Lipinski definition) is 2. The van der Waals surface area contributed by atoms with Gasteiger partial charge in [0.1, 0.15) is 0 Å². The number of aliphatic hydroxyl groups excluding tert-OH is 1. The Labute approximate surface area is 78.6 Å². The average Bonchev–Trinajstić information content (AvgIpc) is 2.48. The van der Waals surface area contributed by atoms with Gasteiger partial charge in [-0.1, -0.05) is 13.8 Å². The van der Waals surface area contributed by atoms with Crippen molar-refractivity contribution in [2.75, 3.05) is 18.5 Å². The van der Waals surface area contributed by atoms with E-state index in [9.17, 15) is 0 Å². The molecule has 0 spiro atoms. The first kappa shape index (κ1) is 10.1. The third-order valence-electron chi connectivity index (χ3n) is 1.90. The van der Waals surface area contributed by atoms with Crippen LogP contribution in [0.1, 0.15) is 13.8 Å². The lowest BCUT2D eigenvalue weighted by molar-refractivity contribution is 0.171. The molecule has 4 heteroatoms. The molecule has 1 aromatic rings. The summed E-state index contributed by atoms with van der Waals surface area (Å²) in [6, 6.07) is 0. The number of nitrogens with zero attached hydrogens (tertiary/aromatic N) is 2. The molecule has 0 fully saturated rings. The number of aliphatic hydroxyl groups is 1. The van der Waals surface area contributed by atoms with Gasteiger partial charge in [-0.25, -0.2) is 0 Å². The van der Waals surface area contributed by atoms with Gasteiger partial charge in [0.05, 0.1) is 11.9 Å². The molecule has 1 heterocycles. The van der Waals surface area contributed by atoms with Gasteiger partial charge in [-0.3, -0.25) is 4.68 Å². The summed E-state index contributed by atoms with van der Waals surface area (Å²) in [5, 5.41) is 16.3. The van der Waals surface area contributed by atoms with Crippen molar-refractivity contribution >= 4 is 5.69 Å². The molecule has 0 unspecified atom stereocenters. The van der Waals surface area contributed by atoms with Gasteiger partial charge in [-0.2, -0.15) is 5.10 Å². The second-order valence-corrected chi connectivity index (χ2v) is 4.08. The molecule has 0 aliphatic carbocycles. The first-order chi connectivity index (χ1) is 6.03. The molecule has 1 rings (SSSR count). The van der Waals surface area contributed by atoms with Crippen molar-refractivity contribution < 1.29 is 5.11 Å². The zero-order valence-corrected chi connectivity index (χ0v) is 8.41. The van der Waals surface area contributed by atoms with Crippen LogP contribution in [0.25, 0.3) is 0 Å². The molecule has 1 aromatic heterocycles. The maximum Gasteiger partial charge on any atom is 0.0726 e. The van der Waals surface area contributed by atoms with E-state index < -0.39 is 0 Å². The van der Waals surface area contributed by atoms with Gasteiger partial charge in [0.25, 0.3) is 0 Å². The van der Waals surface area contributed by atoms with E-state index >= 15 is 0 Å². The Balaban J connectivity index is 2.43. The van der Waals surface area contributed by atoms with Crippen LogP contribution in [0.3, 0.4) is 0 Å². The summed E-state index contributed by atoms with van der Waals surface area (Å²) < 4.78 is 1.74. The molecule has 0 saturated heterocycles. The van der Waals surface area contributed by atoms with E-state index in [1.807, 2.05) is 27.1 Å². The van der Waals surface area contributed by atoms with Crippen molar-refractivity contribution in [3.05, 3.63) is 12.4 Å². The van der Waals surface area contributed by atoms with Gasteiger partial charge in [0.15, 0.2) is 0 Å². The topological polar surface area (TPSA) is 50.1 Å². The molecule has 0 aromatic carbocycles. The van der Waals surface area contributed by atoms with Gasteiger partial charge < -0.3 is 10.4 Å². The van der Waals surface area contributed by atoms with Crippen LogP contribution in [0, 0.1) is 5.41 Å². The molecule has 0 atom stereocenters. The van der Waals surface area contributed by atoms with Crippen molar-refractivity contribution in [2.24, 2.45) is 12.5 Å². The molecule has 4 nitrogen and oxygen atoms in total. The summed E-state index contributed by atoms with van der Waals surface area (Å²) in [6.45, 7) is 4.95. The van der Waals surface area contributed by atoms with E-state index in [4.69, 9.17) is 5.11 Å². The Morgan fingerprint density at radius 2 is 2.31 bits per heavy atom. The lowest BCUT2D eigenvalue weighted by Gasteiger charge is -2.21. The van der Waals surface area contributed by atoms with Gasteiger partial charge in [-0.15, -0.1) is 0 Å². The number of aromatic nitrogens is 2. The summed E-state index contributed by atoms with van der Waals surface area (Å²) in [6.07, 6.45) is 3.68. The number of rotatable bonds is 4. The fraction of sp³-hybridized carbons (Fsp3) is 0.667. The molecule has 0 radical (unpaired) electrons. The van der Waals surface area contributed by atoms with Crippen LogP contribution < -0.4 is 5.32 Å². The largest absolute Gasteiger partial charge is 0.396 e.